The van der Waals surface area contributed by atoms with E-state index in [0.29, 0.717) is 13.1 Å². The van der Waals surface area contributed by atoms with Gasteiger partial charge >= 0.3 is 0 Å². The molecule has 1 fully saturated rings. The normalized spacial score (nSPS) is 13.7. The van der Waals surface area contributed by atoms with Crippen LogP contribution in [0.4, 0.5) is 5.82 Å². The summed E-state index contributed by atoms with van der Waals surface area (Å²) in [7, 11) is 0. The fourth-order valence-electron chi connectivity index (χ4n) is 4.14. The highest BCUT2D eigenvalue weighted by molar-refractivity contribution is 5.92. The molecule has 36 heavy (non-hydrogen) atoms. The van der Waals surface area contributed by atoms with Crippen molar-refractivity contribution in [1.82, 2.24) is 20.1 Å². The lowest BCUT2D eigenvalue weighted by Crippen LogP contribution is -2.36. The van der Waals surface area contributed by atoms with Crippen molar-refractivity contribution in [2.24, 2.45) is 0 Å². The van der Waals surface area contributed by atoms with Crippen LogP contribution in [0.15, 0.2) is 91.3 Å². The number of benzene rings is 2. The van der Waals surface area contributed by atoms with Crippen molar-refractivity contribution in [3.8, 4) is 11.3 Å². The average molecular weight is 480 g/mol. The molecule has 1 aliphatic rings. The average Bonchev–Trinajstić information content (AvgIpc) is 3.35. The van der Waals surface area contributed by atoms with Gasteiger partial charge in [-0.15, -0.1) is 0 Å². The summed E-state index contributed by atoms with van der Waals surface area (Å²) >= 11 is 0. The largest absolute Gasteiger partial charge is 0.378 e. The first-order chi connectivity index (χ1) is 17.7. The molecule has 1 saturated heterocycles. The van der Waals surface area contributed by atoms with Gasteiger partial charge < -0.3 is 15.0 Å². The Balaban J connectivity index is 1.24. The predicted molar refractivity (Wildman–Crippen MR) is 141 cm³/mol. The smallest absolute Gasteiger partial charge is 0.244 e. The number of hydrogen-bond donors (Lipinski definition) is 1. The Morgan fingerprint density at radius 3 is 2.42 bits per heavy atom. The first kappa shape index (κ1) is 23.5. The number of ether oxygens (including phenoxy) is 1. The van der Waals surface area contributed by atoms with Crippen LogP contribution in [0.25, 0.3) is 17.3 Å². The molecule has 2 aromatic carbocycles. The lowest BCUT2D eigenvalue weighted by atomic mass is 10.1. The zero-order chi connectivity index (χ0) is 24.6. The van der Waals surface area contributed by atoms with Gasteiger partial charge in [0.1, 0.15) is 5.82 Å². The zero-order valence-corrected chi connectivity index (χ0v) is 20.1. The molecule has 4 aromatic rings. The molecule has 0 spiro atoms. The fraction of sp³-hybridized carbons (Fsp3) is 0.207. The van der Waals surface area contributed by atoms with Crippen molar-refractivity contribution in [3.63, 3.8) is 0 Å². The van der Waals surface area contributed by atoms with E-state index < -0.39 is 0 Å². The van der Waals surface area contributed by atoms with Gasteiger partial charge in [0.25, 0.3) is 0 Å². The number of morpholine rings is 1. The monoisotopic (exact) mass is 479 g/mol. The third-order valence-electron chi connectivity index (χ3n) is 6.05. The first-order valence-electron chi connectivity index (χ1n) is 12.1. The highest BCUT2D eigenvalue weighted by Crippen LogP contribution is 2.23. The molecule has 0 atom stereocenters. The van der Waals surface area contributed by atoms with E-state index in [1.807, 2.05) is 83.8 Å². The van der Waals surface area contributed by atoms with E-state index in [1.165, 1.54) is 5.56 Å². The summed E-state index contributed by atoms with van der Waals surface area (Å²) in [5, 5.41) is 7.76. The number of hydrogen-bond acceptors (Lipinski definition) is 5. The molecule has 5 rings (SSSR count). The van der Waals surface area contributed by atoms with Crippen LogP contribution < -0.4 is 10.2 Å². The molecule has 2 aromatic heterocycles. The van der Waals surface area contributed by atoms with Crippen molar-refractivity contribution >= 4 is 17.8 Å². The molecular weight excluding hydrogens is 450 g/mol. The van der Waals surface area contributed by atoms with Crippen LogP contribution >= 0.6 is 0 Å². The molecular formula is C29H29N5O2. The standard InChI is InChI=1S/C29H29N5O2/c35-28(31-20-24-11-13-27(30-19-24)33-15-17-36-18-16-33)14-12-26-22-34(21-23-7-3-1-4-8-23)32-29(26)25-9-5-2-6-10-25/h1-14,19,22H,15-18,20-21H2,(H,31,35)/b14-12+. The number of carbonyl (C=O) groups excluding carboxylic acids is 1. The van der Waals surface area contributed by atoms with E-state index >= 15 is 0 Å². The predicted octanol–water partition coefficient (Wildman–Crippen LogP) is 4.16. The minimum absolute atomic E-state index is 0.165. The maximum Gasteiger partial charge on any atom is 0.244 e. The van der Waals surface area contributed by atoms with Gasteiger partial charge in [0.2, 0.25) is 5.91 Å². The van der Waals surface area contributed by atoms with E-state index in [2.05, 4.69) is 27.3 Å². The molecule has 0 aliphatic carbocycles. The maximum atomic E-state index is 12.6. The van der Waals surface area contributed by atoms with E-state index in [1.54, 1.807) is 6.08 Å². The van der Waals surface area contributed by atoms with Gasteiger partial charge in [0, 0.05) is 49.2 Å². The molecule has 0 radical (unpaired) electrons. The number of nitrogens with one attached hydrogen (secondary N) is 1. The van der Waals surface area contributed by atoms with Crippen molar-refractivity contribution in [3.05, 3.63) is 108 Å². The molecule has 0 saturated carbocycles. The van der Waals surface area contributed by atoms with E-state index in [0.717, 1.165) is 54.5 Å². The molecule has 3 heterocycles. The van der Waals surface area contributed by atoms with Gasteiger partial charge in [0.15, 0.2) is 0 Å². The lowest BCUT2D eigenvalue weighted by Gasteiger charge is -2.27. The highest BCUT2D eigenvalue weighted by atomic mass is 16.5. The number of carbonyl (C=O) groups is 1. The van der Waals surface area contributed by atoms with Crippen LogP contribution in [-0.2, 0) is 22.6 Å². The third-order valence-corrected chi connectivity index (χ3v) is 6.05. The molecule has 1 amide bonds. The molecule has 0 unspecified atom stereocenters. The summed E-state index contributed by atoms with van der Waals surface area (Å²) < 4.78 is 7.31. The molecule has 1 aliphatic heterocycles. The van der Waals surface area contributed by atoms with Crippen LogP contribution in [-0.4, -0.2) is 47.0 Å². The molecule has 0 bridgehead atoms. The van der Waals surface area contributed by atoms with Gasteiger partial charge in [-0.3, -0.25) is 9.48 Å². The van der Waals surface area contributed by atoms with Gasteiger partial charge in [-0.25, -0.2) is 4.98 Å². The number of nitrogens with zero attached hydrogens (tertiary/aromatic N) is 4. The number of amides is 1. The van der Waals surface area contributed by atoms with Crippen LogP contribution in [0.2, 0.25) is 0 Å². The topological polar surface area (TPSA) is 72.3 Å². The van der Waals surface area contributed by atoms with Crippen molar-refractivity contribution < 1.29 is 9.53 Å². The van der Waals surface area contributed by atoms with Gasteiger partial charge in [-0.05, 0) is 23.3 Å². The molecule has 182 valence electrons. The summed E-state index contributed by atoms with van der Waals surface area (Å²) in [5.41, 5.74) is 4.87. The minimum atomic E-state index is -0.165. The Hall–Kier alpha value is -4.23. The minimum Gasteiger partial charge on any atom is -0.378 e. The van der Waals surface area contributed by atoms with Crippen LogP contribution in [0.1, 0.15) is 16.7 Å². The van der Waals surface area contributed by atoms with E-state index in [4.69, 9.17) is 9.84 Å². The second kappa shape index (κ2) is 11.5. The molecule has 7 nitrogen and oxygen atoms in total. The summed E-state index contributed by atoms with van der Waals surface area (Å²) in [4.78, 5) is 19.3. The SMILES string of the molecule is O=C(/C=C/c1cn(Cc2ccccc2)nc1-c1ccccc1)NCc1ccc(N2CCOCC2)nc1. The van der Waals surface area contributed by atoms with Gasteiger partial charge in [-0.1, -0.05) is 66.7 Å². The number of anilines is 1. The summed E-state index contributed by atoms with van der Waals surface area (Å²) in [6.07, 6.45) is 7.18. The maximum absolute atomic E-state index is 12.6. The highest BCUT2D eigenvalue weighted by Gasteiger charge is 2.12. The Morgan fingerprint density at radius 2 is 1.69 bits per heavy atom. The Labute approximate surface area is 211 Å². The Kier molecular flexibility index (Phi) is 7.49. The molecule has 7 heteroatoms. The fourth-order valence-corrected chi connectivity index (χ4v) is 4.14. The van der Waals surface area contributed by atoms with Crippen molar-refractivity contribution in [2.75, 3.05) is 31.2 Å². The van der Waals surface area contributed by atoms with Crippen LogP contribution in [0.3, 0.4) is 0 Å². The number of aromatic nitrogens is 3. The van der Waals surface area contributed by atoms with Crippen LogP contribution in [0.5, 0.6) is 0 Å². The van der Waals surface area contributed by atoms with E-state index in [-0.39, 0.29) is 5.91 Å². The lowest BCUT2D eigenvalue weighted by molar-refractivity contribution is -0.116. The second-order valence-corrected chi connectivity index (χ2v) is 8.66. The second-order valence-electron chi connectivity index (χ2n) is 8.66. The molecule has 1 N–H and O–H groups in total. The van der Waals surface area contributed by atoms with Crippen molar-refractivity contribution in [2.45, 2.75) is 13.1 Å². The quantitative estimate of drug-likeness (QED) is 0.384. The van der Waals surface area contributed by atoms with Crippen molar-refractivity contribution in [1.29, 1.82) is 0 Å². The summed E-state index contributed by atoms with van der Waals surface area (Å²) in [6.45, 7) is 4.22. The number of pyridine rings is 1. The van der Waals surface area contributed by atoms with Gasteiger partial charge in [0.05, 0.1) is 25.5 Å². The van der Waals surface area contributed by atoms with Gasteiger partial charge in [-0.2, -0.15) is 5.10 Å². The first-order valence-corrected chi connectivity index (χ1v) is 12.1. The third kappa shape index (κ3) is 6.06. The van der Waals surface area contributed by atoms with E-state index in [9.17, 15) is 4.79 Å². The summed E-state index contributed by atoms with van der Waals surface area (Å²) in [5.74, 6) is 0.774. The zero-order valence-electron chi connectivity index (χ0n) is 20.1. The summed E-state index contributed by atoms with van der Waals surface area (Å²) in [6, 6.07) is 24.2. The Morgan fingerprint density at radius 1 is 0.944 bits per heavy atom. The number of rotatable bonds is 8. The van der Waals surface area contributed by atoms with Crippen LogP contribution in [0, 0.1) is 0 Å². The Bertz CT molecular complexity index is 1290.